The summed E-state index contributed by atoms with van der Waals surface area (Å²) >= 11 is 0. The molecule has 124 valence electrons. The molecule has 0 radical (unpaired) electrons. The molecule has 0 spiro atoms. The highest BCUT2D eigenvalue weighted by atomic mass is 16.5. The topological polar surface area (TPSA) is 32.8 Å². The lowest BCUT2D eigenvalue weighted by Gasteiger charge is -2.29. The van der Waals surface area contributed by atoms with E-state index in [9.17, 15) is 4.79 Å². The van der Waals surface area contributed by atoms with E-state index in [4.69, 9.17) is 4.74 Å². The Bertz CT molecular complexity index is 556. The second-order valence-corrected chi connectivity index (χ2v) is 6.41. The van der Waals surface area contributed by atoms with Crippen molar-refractivity contribution in [2.45, 2.75) is 12.8 Å². The molecule has 1 aromatic rings. The van der Waals surface area contributed by atoms with Gasteiger partial charge in [0.05, 0.1) is 12.5 Å². The van der Waals surface area contributed by atoms with Gasteiger partial charge in [-0.25, -0.2) is 0 Å². The second-order valence-electron chi connectivity index (χ2n) is 6.41. The Kier molecular flexibility index (Phi) is 5.47. The van der Waals surface area contributed by atoms with E-state index in [1.54, 1.807) is 7.11 Å². The van der Waals surface area contributed by atoms with Gasteiger partial charge in [-0.15, -0.1) is 0 Å². The number of likely N-dealkylation sites (tertiary alicyclic amines) is 1. The zero-order chi connectivity index (χ0) is 16.1. The molecule has 0 bridgehead atoms. The van der Waals surface area contributed by atoms with Gasteiger partial charge < -0.3 is 14.5 Å². The molecule has 4 heteroatoms. The van der Waals surface area contributed by atoms with E-state index in [1.807, 2.05) is 11.0 Å². The maximum Gasteiger partial charge on any atom is 0.227 e. The summed E-state index contributed by atoms with van der Waals surface area (Å²) in [4.78, 5) is 17.1. The molecule has 0 aliphatic carbocycles. The van der Waals surface area contributed by atoms with E-state index in [0.717, 1.165) is 52.2 Å². The number of hydrogen-bond donors (Lipinski definition) is 0. The Hall–Kier alpha value is -1.65. The molecular formula is C19H26N2O2. The Labute approximate surface area is 138 Å². The number of carbonyl (C=O) groups excluding carboxylic acids is 1. The first-order chi connectivity index (χ1) is 11.3. The van der Waals surface area contributed by atoms with Crippen molar-refractivity contribution in [2.75, 3.05) is 46.4 Å². The number of ether oxygens (including phenoxy) is 1. The third kappa shape index (κ3) is 4.01. The van der Waals surface area contributed by atoms with Gasteiger partial charge in [0.25, 0.3) is 0 Å². The SMILES string of the molecule is COCCN1CCC(C(=O)N2CC=C(c3ccccc3)CC2)C1. The van der Waals surface area contributed by atoms with Crippen LogP contribution in [0.25, 0.3) is 5.57 Å². The Morgan fingerprint density at radius 2 is 2.09 bits per heavy atom. The summed E-state index contributed by atoms with van der Waals surface area (Å²) in [7, 11) is 1.73. The van der Waals surface area contributed by atoms with Gasteiger partial charge in [-0.2, -0.15) is 0 Å². The summed E-state index contributed by atoms with van der Waals surface area (Å²) in [6.07, 6.45) is 4.15. The predicted octanol–water partition coefficient (Wildman–Crippen LogP) is 2.27. The summed E-state index contributed by atoms with van der Waals surface area (Å²) in [6.45, 7) is 5.16. The van der Waals surface area contributed by atoms with Crippen LogP contribution in [0.15, 0.2) is 36.4 Å². The smallest absolute Gasteiger partial charge is 0.227 e. The van der Waals surface area contributed by atoms with Crippen molar-refractivity contribution < 1.29 is 9.53 Å². The largest absolute Gasteiger partial charge is 0.383 e. The first-order valence-corrected chi connectivity index (χ1v) is 8.52. The highest BCUT2D eigenvalue weighted by Gasteiger charge is 2.31. The zero-order valence-corrected chi connectivity index (χ0v) is 13.9. The normalized spacial score (nSPS) is 22.2. The summed E-state index contributed by atoms with van der Waals surface area (Å²) in [6, 6.07) is 10.5. The van der Waals surface area contributed by atoms with Crippen LogP contribution < -0.4 is 0 Å². The van der Waals surface area contributed by atoms with Crippen LogP contribution in [0.3, 0.4) is 0 Å². The van der Waals surface area contributed by atoms with Gasteiger partial charge in [-0.05, 0) is 30.5 Å². The van der Waals surface area contributed by atoms with Crippen molar-refractivity contribution >= 4 is 11.5 Å². The minimum Gasteiger partial charge on any atom is -0.383 e. The van der Waals surface area contributed by atoms with Crippen LogP contribution in [0, 0.1) is 5.92 Å². The molecule has 4 nitrogen and oxygen atoms in total. The van der Waals surface area contributed by atoms with E-state index in [0.29, 0.717) is 5.91 Å². The molecule has 1 unspecified atom stereocenters. The first-order valence-electron chi connectivity index (χ1n) is 8.52. The third-order valence-corrected chi connectivity index (χ3v) is 4.90. The van der Waals surface area contributed by atoms with E-state index in [2.05, 4.69) is 35.2 Å². The fourth-order valence-corrected chi connectivity index (χ4v) is 3.50. The van der Waals surface area contributed by atoms with Crippen molar-refractivity contribution in [3.8, 4) is 0 Å². The zero-order valence-electron chi connectivity index (χ0n) is 13.9. The monoisotopic (exact) mass is 314 g/mol. The van der Waals surface area contributed by atoms with Crippen molar-refractivity contribution in [1.82, 2.24) is 9.80 Å². The van der Waals surface area contributed by atoms with Crippen LogP contribution in [0.4, 0.5) is 0 Å². The molecule has 2 aliphatic heterocycles. The lowest BCUT2D eigenvalue weighted by atomic mass is 9.98. The molecule has 0 aromatic heterocycles. The third-order valence-electron chi connectivity index (χ3n) is 4.90. The molecule has 3 rings (SSSR count). The molecule has 1 atom stereocenters. The molecular weight excluding hydrogens is 288 g/mol. The van der Waals surface area contributed by atoms with E-state index in [1.165, 1.54) is 11.1 Å². The van der Waals surface area contributed by atoms with Gasteiger partial charge in [-0.1, -0.05) is 36.4 Å². The fraction of sp³-hybridized carbons (Fsp3) is 0.526. The maximum absolute atomic E-state index is 12.7. The highest BCUT2D eigenvalue weighted by molar-refractivity contribution is 5.81. The van der Waals surface area contributed by atoms with E-state index in [-0.39, 0.29) is 5.92 Å². The summed E-state index contributed by atoms with van der Waals surface area (Å²) in [5.41, 5.74) is 2.65. The summed E-state index contributed by atoms with van der Waals surface area (Å²) in [5, 5.41) is 0. The standard InChI is InChI=1S/C19H26N2O2/c1-23-14-13-20-10-7-18(15-20)19(22)21-11-8-17(9-12-21)16-5-3-2-4-6-16/h2-6,8,18H,7,9-15H2,1H3. The number of rotatable bonds is 5. The van der Waals surface area contributed by atoms with Gasteiger partial charge in [0.2, 0.25) is 5.91 Å². The summed E-state index contributed by atoms with van der Waals surface area (Å²) in [5.74, 6) is 0.492. The van der Waals surface area contributed by atoms with Crippen LogP contribution in [-0.4, -0.2) is 62.1 Å². The predicted molar refractivity (Wildman–Crippen MR) is 92.0 cm³/mol. The van der Waals surface area contributed by atoms with Crippen LogP contribution in [0.5, 0.6) is 0 Å². The van der Waals surface area contributed by atoms with Gasteiger partial charge in [-0.3, -0.25) is 4.79 Å². The number of nitrogens with zero attached hydrogens (tertiary/aromatic N) is 2. The number of carbonyl (C=O) groups is 1. The van der Waals surface area contributed by atoms with Crippen molar-refractivity contribution in [1.29, 1.82) is 0 Å². The number of amides is 1. The molecule has 2 heterocycles. The quantitative estimate of drug-likeness (QED) is 0.836. The Morgan fingerprint density at radius 3 is 2.78 bits per heavy atom. The van der Waals surface area contributed by atoms with Crippen molar-refractivity contribution in [2.24, 2.45) is 5.92 Å². The first kappa shape index (κ1) is 16.2. The van der Waals surface area contributed by atoms with Crippen LogP contribution in [-0.2, 0) is 9.53 Å². The Morgan fingerprint density at radius 1 is 1.26 bits per heavy atom. The molecule has 23 heavy (non-hydrogen) atoms. The molecule has 0 N–H and O–H groups in total. The maximum atomic E-state index is 12.7. The van der Waals surface area contributed by atoms with Gasteiger partial charge >= 0.3 is 0 Å². The van der Waals surface area contributed by atoms with Crippen molar-refractivity contribution in [3.63, 3.8) is 0 Å². The number of hydrogen-bond acceptors (Lipinski definition) is 3. The summed E-state index contributed by atoms with van der Waals surface area (Å²) < 4.78 is 5.12. The molecule has 2 aliphatic rings. The average molecular weight is 314 g/mol. The minimum atomic E-state index is 0.165. The lowest BCUT2D eigenvalue weighted by molar-refractivity contribution is -0.134. The van der Waals surface area contributed by atoms with Crippen molar-refractivity contribution in [3.05, 3.63) is 42.0 Å². The van der Waals surface area contributed by atoms with Gasteiger partial charge in [0, 0.05) is 33.3 Å². The average Bonchev–Trinajstić information content (AvgIpc) is 3.09. The second kappa shape index (κ2) is 7.75. The molecule has 1 aromatic carbocycles. The van der Waals surface area contributed by atoms with Crippen LogP contribution >= 0.6 is 0 Å². The van der Waals surface area contributed by atoms with E-state index >= 15 is 0 Å². The number of benzene rings is 1. The molecule has 1 fully saturated rings. The van der Waals surface area contributed by atoms with Crippen LogP contribution in [0.2, 0.25) is 0 Å². The van der Waals surface area contributed by atoms with Crippen LogP contribution in [0.1, 0.15) is 18.4 Å². The minimum absolute atomic E-state index is 0.165. The van der Waals surface area contributed by atoms with Gasteiger partial charge in [0.15, 0.2) is 0 Å². The molecule has 1 amide bonds. The molecule has 1 saturated heterocycles. The lowest BCUT2D eigenvalue weighted by Crippen LogP contribution is -2.40. The molecule has 0 saturated carbocycles. The number of methoxy groups -OCH3 is 1. The van der Waals surface area contributed by atoms with Gasteiger partial charge in [0.1, 0.15) is 0 Å². The Balaban J connectivity index is 1.53. The highest BCUT2D eigenvalue weighted by Crippen LogP contribution is 2.25. The van der Waals surface area contributed by atoms with E-state index < -0.39 is 0 Å². The fourth-order valence-electron chi connectivity index (χ4n) is 3.50.